The molecular formula is C20H42N2. The molecule has 0 spiro atoms. The Morgan fingerprint density at radius 3 is 1.73 bits per heavy atom. The van der Waals surface area contributed by atoms with Crippen LogP contribution in [0, 0.1) is 11.8 Å². The minimum absolute atomic E-state index is 0.734. The van der Waals surface area contributed by atoms with Crippen molar-refractivity contribution in [1.29, 1.82) is 0 Å². The molecule has 4 N–H and O–H groups in total. The molecule has 0 bridgehead atoms. The lowest BCUT2D eigenvalue weighted by Gasteiger charge is -2.19. The monoisotopic (exact) mass is 310 g/mol. The zero-order valence-electron chi connectivity index (χ0n) is 15.4. The SMILES string of the molecule is C=C(C)C(CCCCCCN)CCC(C)CCCCCCN. The average molecular weight is 311 g/mol. The quantitative estimate of drug-likeness (QED) is 0.296. The molecule has 0 aromatic rings. The minimum atomic E-state index is 0.734. The van der Waals surface area contributed by atoms with E-state index in [-0.39, 0.29) is 0 Å². The number of allylic oxidation sites excluding steroid dienone is 1. The van der Waals surface area contributed by atoms with Gasteiger partial charge in [0, 0.05) is 0 Å². The Hall–Kier alpha value is -0.340. The smallest absolute Gasteiger partial charge is 0.00773 e. The molecule has 2 atom stereocenters. The van der Waals surface area contributed by atoms with Crippen molar-refractivity contribution in [2.24, 2.45) is 23.3 Å². The summed E-state index contributed by atoms with van der Waals surface area (Å²) in [5.41, 5.74) is 12.5. The van der Waals surface area contributed by atoms with E-state index < -0.39 is 0 Å². The van der Waals surface area contributed by atoms with Gasteiger partial charge >= 0.3 is 0 Å². The van der Waals surface area contributed by atoms with E-state index in [1.54, 1.807) is 0 Å². The molecule has 2 nitrogen and oxygen atoms in total. The van der Waals surface area contributed by atoms with Crippen LogP contribution in [0.1, 0.15) is 90.9 Å². The topological polar surface area (TPSA) is 52.0 Å². The predicted molar refractivity (Wildman–Crippen MR) is 101 cm³/mol. The van der Waals surface area contributed by atoms with Gasteiger partial charge in [-0.2, -0.15) is 0 Å². The van der Waals surface area contributed by atoms with E-state index in [1.807, 2.05) is 0 Å². The largest absolute Gasteiger partial charge is 0.330 e. The maximum absolute atomic E-state index is 5.55. The van der Waals surface area contributed by atoms with Crippen molar-refractivity contribution in [3.8, 4) is 0 Å². The van der Waals surface area contributed by atoms with E-state index in [0.717, 1.165) is 24.9 Å². The van der Waals surface area contributed by atoms with Crippen LogP contribution in [0.5, 0.6) is 0 Å². The first-order valence-electron chi connectivity index (χ1n) is 9.67. The summed E-state index contributed by atoms with van der Waals surface area (Å²) in [4.78, 5) is 0. The molecule has 0 amide bonds. The Morgan fingerprint density at radius 2 is 1.23 bits per heavy atom. The van der Waals surface area contributed by atoms with Gasteiger partial charge in [0.2, 0.25) is 0 Å². The molecule has 0 heterocycles. The number of rotatable bonds is 16. The fourth-order valence-corrected chi connectivity index (χ4v) is 3.15. The first kappa shape index (κ1) is 21.7. The normalized spacial score (nSPS) is 14.0. The van der Waals surface area contributed by atoms with E-state index in [9.17, 15) is 0 Å². The Kier molecular flexibility index (Phi) is 15.3. The third kappa shape index (κ3) is 13.3. The third-order valence-corrected chi connectivity index (χ3v) is 4.86. The van der Waals surface area contributed by atoms with Crippen molar-refractivity contribution >= 4 is 0 Å². The lowest BCUT2D eigenvalue weighted by Crippen LogP contribution is -2.06. The maximum Gasteiger partial charge on any atom is -0.00773 e. The molecule has 132 valence electrons. The van der Waals surface area contributed by atoms with Crippen LogP contribution in [-0.4, -0.2) is 13.1 Å². The zero-order chi connectivity index (χ0) is 16.6. The Morgan fingerprint density at radius 1 is 0.727 bits per heavy atom. The highest BCUT2D eigenvalue weighted by Gasteiger charge is 2.11. The highest BCUT2D eigenvalue weighted by Crippen LogP contribution is 2.26. The van der Waals surface area contributed by atoms with Gasteiger partial charge < -0.3 is 11.5 Å². The van der Waals surface area contributed by atoms with Crippen LogP contribution in [-0.2, 0) is 0 Å². The predicted octanol–water partition coefficient (Wildman–Crippen LogP) is 5.41. The average Bonchev–Trinajstić information content (AvgIpc) is 2.49. The van der Waals surface area contributed by atoms with Crippen LogP contribution < -0.4 is 11.5 Å². The number of unbranched alkanes of at least 4 members (excludes halogenated alkanes) is 6. The van der Waals surface area contributed by atoms with Crippen molar-refractivity contribution in [3.05, 3.63) is 12.2 Å². The Bertz CT molecular complexity index is 250. The summed E-state index contributed by atoms with van der Waals surface area (Å²) in [6.45, 7) is 10.5. The highest BCUT2D eigenvalue weighted by atomic mass is 14.5. The van der Waals surface area contributed by atoms with E-state index in [1.165, 1.54) is 82.6 Å². The number of hydrogen-bond acceptors (Lipinski definition) is 2. The van der Waals surface area contributed by atoms with Gasteiger partial charge in [-0.15, -0.1) is 0 Å². The molecule has 0 fully saturated rings. The van der Waals surface area contributed by atoms with E-state index >= 15 is 0 Å². The zero-order valence-corrected chi connectivity index (χ0v) is 15.4. The van der Waals surface area contributed by atoms with Gasteiger partial charge in [0.25, 0.3) is 0 Å². The molecule has 2 unspecified atom stereocenters. The second kappa shape index (κ2) is 15.6. The molecule has 2 heteroatoms. The van der Waals surface area contributed by atoms with E-state index in [2.05, 4.69) is 20.4 Å². The van der Waals surface area contributed by atoms with Crippen LogP contribution >= 0.6 is 0 Å². The molecule has 0 aliphatic carbocycles. The molecular weight excluding hydrogens is 268 g/mol. The van der Waals surface area contributed by atoms with Gasteiger partial charge in [0.05, 0.1) is 0 Å². The van der Waals surface area contributed by atoms with Gasteiger partial charge in [-0.3, -0.25) is 0 Å². The number of nitrogens with two attached hydrogens (primary N) is 2. The van der Waals surface area contributed by atoms with Crippen molar-refractivity contribution < 1.29 is 0 Å². The second-order valence-electron chi connectivity index (χ2n) is 7.21. The van der Waals surface area contributed by atoms with Crippen molar-refractivity contribution in [2.45, 2.75) is 90.9 Å². The van der Waals surface area contributed by atoms with Crippen LogP contribution in [0.15, 0.2) is 12.2 Å². The van der Waals surface area contributed by atoms with Crippen molar-refractivity contribution in [2.75, 3.05) is 13.1 Å². The molecule has 0 aliphatic rings. The standard InChI is InChI=1S/C20H42N2/c1-18(2)20(13-9-5-7-11-17-22)15-14-19(3)12-8-4-6-10-16-21/h19-20H,1,4-17,21-22H2,2-3H3. The van der Waals surface area contributed by atoms with Gasteiger partial charge in [0.15, 0.2) is 0 Å². The first-order chi connectivity index (χ1) is 10.6. The van der Waals surface area contributed by atoms with Gasteiger partial charge in [-0.05, 0) is 57.5 Å². The third-order valence-electron chi connectivity index (χ3n) is 4.86. The van der Waals surface area contributed by atoms with E-state index in [4.69, 9.17) is 11.5 Å². The lowest BCUT2D eigenvalue weighted by molar-refractivity contribution is 0.389. The fourth-order valence-electron chi connectivity index (χ4n) is 3.15. The molecule has 0 radical (unpaired) electrons. The highest BCUT2D eigenvalue weighted by molar-refractivity contribution is 4.95. The molecule has 0 aromatic carbocycles. The fraction of sp³-hybridized carbons (Fsp3) is 0.900. The van der Waals surface area contributed by atoms with Crippen LogP contribution in [0.3, 0.4) is 0 Å². The first-order valence-corrected chi connectivity index (χ1v) is 9.67. The van der Waals surface area contributed by atoms with E-state index in [0.29, 0.717) is 0 Å². The molecule has 0 aliphatic heterocycles. The van der Waals surface area contributed by atoms with Crippen LogP contribution in [0.25, 0.3) is 0 Å². The van der Waals surface area contributed by atoms with Crippen LogP contribution in [0.4, 0.5) is 0 Å². The summed E-state index contributed by atoms with van der Waals surface area (Å²) in [6.07, 6.45) is 15.8. The Balaban J connectivity index is 3.72. The maximum atomic E-state index is 5.55. The Labute approximate surface area is 140 Å². The summed E-state index contributed by atoms with van der Waals surface area (Å²) in [7, 11) is 0. The van der Waals surface area contributed by atoms with Crippen LogP contribution in [0.2, 0.25) is 0 Å². The number of hydrogen-bond donors (Lipinski definition) is 2. The minimum Gasteiger partial charge on any atom is -0.330 e. The molecule has 0 aromatic heterocycles. The summed E-state index contributed by atoms with van der Waals surface area (Å²) >= 11 is 0. The summed E-state index contributed by atoms with van der Waals surface area (Å²) < 4.78 is 0. The summed E-state index contributed by atoms with van der Waals surface area (Å²) in [5.74, 6) is 1.59. The van der Waals surface area contributed by atoms with Crippen molar-refractivity contribution in [3.63, 3.8) is 0 Å². The summed E-state index contributed by atoms with van der Waals surface area (Å²) in [6, 6.07) is 0. The molecule has 22 heavy (non-hydrogen) atoms. The van der Waals surface area contributed by atoms with Gasteiger partial charge in [-0.1, -0.05) is 70.4 Å². The summed E-state index contributed by atoms with van der Waals surface area (Å²) in [5, 5.41) is 0. The molecule has 0 saturated heterocycles. The lowest BCUT2D eigenvalue weighted by atomic mass is 9.86. The molecule has 0 saturated carbocycles. The van der Waals surface area contributed by atoms with Crippen molar-refractivity contribution in [1.82, 2.24) is 0 Å². The van der Waals surface area contributed by atoms with Gasteiger partial charge in [0.1, 0.15) is 0 Å². The molecule has 0 rings (SSSR count). The second-order valence-corrected chi connectivity index (χ2v) is 7.21. The van der Waals surface area contributed by atoms with Gasteiger partial charge in [-0.25, -0.2) is 0 Å².